The molecule has 5 heteroatoms. The van der Waals surface area contributed by atoms with Crippen LogP contribution in [0.25, 0.3) is 0 Å². The summed E-state index contributed by atoms with van der Waals surface area (Å²) in [5.74, 6) is 2.13. The van der Waals surface area contributed by atoms with Gasteiger partial charge in [-0.1, -0.05) is 0 Å². The highest BCUT2D eigenvalue weighted by molar-refractivity contribution is 5.94. The summed E-state index contributed by atoms with van der Waals surface area (Å²) in [5.41, 5.74) is 0.592. The molecule has 0 aromatic heterocycles. The zero-order chi connectivity index (χ0) is 17.4. The Morgan fingerprint density at radius 2 is 1.50 bits per heavy atom. The van der Waals surface area contributed by atoms with Gasteiger partial charge in [0, 0.05) is 5.56 Å². The topological polar surface area (TPSA) is 56.8 Å². The van der Waals surface area contributed by atoms with Crippen LogP contribution >= 0.6 is 0 Å². The summed E-state index contributed by atoms with van der Waals surface area (Å²) < 4.78 is 16.1. The predicted molar refractivity (Wildman–Crippen MR) is 93.0 cm³/mol. The first kappa shape index (κ1) is 17.7. The van der Waals surface area contributed by atoms with Crippen LogP contribution in [0.4, 0.5) is 0 Å². The Morgan fingerprint density at radius 3 is 2.08 bits per heavy atom. The van der Waals surface area contributed by atoms with E-state index in [0.717, 1.165) is 17.2 Å². The van der Waals surface area contributed by atoms with Gasteiger partial charge in [-0.2, -0.15) is 0 Å². The third-order valence-electron chi connectivity index (χ3n) is 3.36. The second kappa shape index (κ2) is 8.82. The van der Waals surface area contributed by atoms with Crippen molar-refractivity contribution >= 4 is 5.91 Å². The second-order valence-corrected chi connectivity index (χ2v) is 5.32. The summed E-state index contributed by atoms with van der Waals surface area (Å²) in [4.78, 5) is 12.2. The quantitative estimate of drug-likeness (QED) is 0.807. The monoisotopic (exact) mass is 329 g/mol. The molecule has 0 aliphatic heterocycles. The van der Waals surface area contributed by atoms with Crippen LogP contribution < -0.4 is 19.5 Å². The molecule has 0 aliphatic carbocycles. The maximum atomic E-state index is 12.2. The number of rotatable bonds is 8. The molecule has 0 heterocycles. The minimum Gasteiger partial charge on any atom is -0.497 e. The average molecular weight is 329 g/mol. The summed E-state index contributed by atoms with van der Waals surface area (Å²) in [6.45, 7) is 4.81. The lowest BCUT2D eigenvalue weighted by atomic mass is 10.2. The molecule has 0 fully saturated rings. The second-order valence-electron chi connectivity index (χ2n) is 5.32. The van der Waals surface area contributed by atoms with Crippen LogP contribution in [0.2, 0.25) is 0 Å². The number of carbonyl (C=O) groups is 1. The fourth-order valence-electron chi connectivity index (χ4n) is 2.11. The standard InChI is InChI=1S/C19H23NO4/c1-4-23-17-7-5-15(6-8-17)19(21)20-14(2)13-24-18-11-9-16(22-3)10-12-18/h5-12,14H,4,13H2,1-3H3,(H,20,21). The van der Waals surface area contributed by atoms with Crippen molar-refractivity contribution in [3.8, 4) is 17.2 Å². The summed E-state index contributed by atoms with van der Waals surface area (Å²) >= 11 is 0. The summed E-state index contributed by atoms with van der Waals surface area (Å²) in [6, 6.07) is 14.3. The summed E-state index contributed by atoms with van der Waals surface area (Å²) in [6.07, 6.45) is 0. The molecule has 0 bridgehead atoms. The van der Waals surface area contributed by atoms with Crippen LogP contribution in [0.1, 0.15) is 24.2 Å². The summed E-state index contributed by atoms with van der Waals surface area (Å²) in [7, 11) is 1.62. The fourth-order valence-corrected chi connectivity index (χ4v) is 2.11. The Labute approximate surface area is 142 Å². The number of hydrogen-bond acceptors (Lipinski definition) is 4. The largest absolute Gasteiger partial charge is 0.497 e. The molecule has 0 radical (unpaired) electrons. The van der Waals surface area contributed by atoms with Crippen molar-refractivity contribution < 1.29 is 19.0 Å². The van der Waals surface area contributed by atoms with E-state index in [1.54, 1.807) is 31.4 Å². The van der Waals surface area contributed by atoms with Crippen LogP contribution in [-0.2, 0) is 0 Å². The van der Waals surface area contributed by atoms with Gasteiger partial charge >= 0.3 is 0 Å². The number of nitrogens with one attached hydrogen (secondary N) is 1. The van der Waals surface area contributed by atoms with Gasteiger partial charge < -0.3 is 19.5 Å². The number of methoxy groups -OCH3 is 1. The van der Waals surface area contributed by atoms with E-state index in [9.17, 15) is 4.79 Å². The Balaban J connectivity index is 1.82. The first-order valence-corrected chi connectivity index (χ1v) is 7.93. The highest BCUT2D eigenvalue weighted by atomic mass is 16.5. The van der Waals surface area contributed by atoms with Crippen LogP contribution in [0, 0.1) is 0 Å². The van der Waals surface area contributed by atoms with Crippen molar-refractivity contribution in [2.45, 2.75) is 19.9 Å². The zero-order valence-corrected chi connectivity index (χ0v) is 14.2. The molecule has 2 aromatic carbocycles. The smallest absolute Gasteiger partial charge is 0.251 e. The molecule has 1 atom stereocenters. The molecule has 0 saturated carbocycles. The van der Waals surface area contributed by atoms with E-state index in [1.807, 2.05) is 38.1 Å². The van der Waals surface area contributed by atoms with E-state index in [2.05, 4.69) is 5.32 Å². The summed E-state index contributed by atoms with van der Waals surface area (Å²) in [5, 5.41) is 2.91. The van der Waals surface area contributed by atoms with E-state index in [1.165, 1.54) is 0 Å². The van der Waals surface area contributed by atoms with Crippen LogP contribution in [-0.4, -0.2) is 32.3 Å². The molecule has 0 saturated heterocycles. The highest BCUT2D eigenvalue weighted by Gasteiger charge is 2.10. The molecular weight excluding hydrogens is 306 g/mol. The molecule has 24 heavy (non-hydrogen) atoms. The van der Waals surface area contributed by atoms with Gasteiger partial charge in [-0.3, -0.25) is 4.79 Å². The van der Waals surface area contributed by atoms with Gasteiger partial charge in [-0.05, 0) is 62.4 Å². The SMILES string of the molecule is CCOc1ccc(C(=O)NC(C)COc2ccc(OC)cc2)cc1. The third-order valence-corrected chi connectivity index (χ3v) is 3.36. The lowest BCUT2D eigenvalue weighted by Crippen LogP contribution is -2.36. The maximum absolute atomic E-state index is 12.2. The van der Waals surface area contributed by atoms with E-state index < -0.39 is 0 Å². The van der Waals surface area contributed by atoms with Crippen molar-refractivity contribution in [3.63, 3.8) is 0 Å². The van der Waals surface area contributed by atoms with Crippen molar-refractivity contribution in [2.24, 2.45) is 0 Å². The maximum Gasteiger partial charge on any atom is 0.251 e. The Morgan fingerprint density at radius 1 is 0.958 bits per heavy atom. The number of benzene rings is 2. The average Bonchev–Trinajstić information content (AvgIpc) is 2.61. The van der Waals surface area contributed by atoms with Crippen LogP contribution in [0.3, 0.4) is 0 Å². The lowest BCUT2D eigenvalue weighted by molar-refractivity contribution is 0.0926. The zero-order valence-electron chi connectivity index (χ0n) is 14.2. The van der Waals surface area contributed by atoms with E-state index in [0.29, 0.717) is 18.8 Å². The third kappa shape index (κ3) is 5.19. The predicted octanol–water partition coefficient (Wildman–Crippen LogP) is 3.29. The minimum absolute atomic E-state index is 0.119. The normalized spacial score (nSPS) is 11.5. The molecule has 0 spiro atoms. The first-order valence-electron chi connectivity index (χ1n) is 7.93. The van der Waals surface area contributed by atoms with Gasteiger partial charge in [0.25, 0.3) is 5.91 Å². The van der Waals surface area contributed by atoms with Crippen molar-refractivity contribution in [1.82, 2.24) is 5.32 Å². The molecule has 0 aliphatic rings. The molecule has 2 rings (SSSR count). The Kier molecular flexibility index (Phi) is 6.49. The van der Waals surface area contributed by atoms with Crippen molar-refractivity contribution in [2.75, 3.05) is 20.3 Å². The molecular formula is C19H23NO4. The fraction of sp³-hybridized carbons (Fsp3) is 0.316. The van der Waals surface area contributed by atoms with Gasteiger partial charge in [-0.25, -0.2) is 0 Å². The number of ether oxygens (including phenoxy) is 3. The molecule has 128 valence electrons. The molecule has 1 amide bonds. The van der Waals surface area contributed by atoms with Gasteiger partial charge in [0.1, 0.15) is 23.9 Å². The van der Waals surface area contributed by atoms with E-state index in [-0.39, 0.29) is 11.9 Å². The molecule has 2 aromatic rings. The first-order chi connectivity index (χ1) is 11.6. The van der Waals surface area contributed by atoms with Crippen molar-refractivity contribution in [1.29, 1.82) is 0 Å². The van der Waals surface area contributed by atoms with Crippen molar-refractivity contribution in [3.05, 3.63) is 54.1 Å². The van der Waals surface area contributed by atoms with Gasteiger partial charge in [-0.15, -0.1) is 0 Å². The number of hydrogen-bond donors (Lipinski definition) is 1. The van der Waals surface area contributed by atoms with Crippen LogP contribution in [0.15, 0.2) is 48.5 Å². The number of carbonyl (C=O) groups excluding carboxylic acids is 1. The van der Waals surface area contributed by atoms with Gasteiger partial charge in [0.2, 0.25) is 0 Å². The highest BCUT2D eigenvalue weighted by Crippen LogP contribution is 2.17. The molecule has 1 N–H and O–H groups in total. The van der Waals surface area contributed by atoms with Gasteiger partial charge in [0.05, 0.1) is 19.8 Å². The lowest BCUT2D eigenvalue weighted by Gasteiger charge is -2.15. The van der Waals surface area contributed by atoms with Crippen LogP contribution in [0.5, 0.6) is 17.2 Å². The van der Waals surface area contributed by atoms with E-state index in [4.69, 9.17) is 14.2 Å². The minimum atomic E-state index is -0.135. The Bertz CT molecular complexity index is 637. The molecule has 1 unspecified atom stereocenters. The van der Waals surface area contributed by atoms with Gasteiger partial charge in [0.15, 0.2) is 0 Å². The Hall–Kier alpha value is -2.69. The molecule has 5 nitrogen and oxygen atoms in total. The number of amides is 1. The van der Waals surface area contributed by atoms with E-state index >= 15 is 0 Å².